The zero-order valence-corrected chi connectivity index (χ0v) is 11.4. The fourth-order valence-corrected chi connectivity index (χ4v) is 2.91. The first-order valence-corrected chi connectivity index (χ1v) is 7.02. The average Bonchev–Trinajstić information content (AvgIpc) is 2.77. The number of nitrogens with one attached hydrogen (secondary N) is 1. The van der Waals surface area contributed by atoms with Crippen LogP contribution >= 0.6 is 15.9 Å². The molecule has 0 unspecified atom stereocenters. The van der Waals surface area contributed by atoms with Gasteiger partial charge in [0.2, 0.25) is 0 Å². The summed E-state index contributed by atoms with van der Waals surface area (Å²) in [6.07, 6.45) is 9.85. The molecule has 1 saturated carbocycles. The summed E-state index contributed by atoms with van der Waals surface area (Å²) in [5.74, 6) is -0.0721. The molecule has 0 aliphatic heterocycles. The fourth-order valence-electron chi connectivity index (χ4n) is 2.21. The lowest BCUT2D eigenvalue weighted by Gasteiger charge is -2.41. The third-order valence-corrected chi connectivity index (χ3v) is 4.59. The summed E-state index contributed by atoms with van der Waals surface area (Å²) in [4.78, 5) is 16.3. The van der Waals surface area contributed by atoms with Gasteiger partial charge in [0.15, 0.2) is 0 Å². The minimum Gasteiger partial charge on any atom is -0.346 e. The van der Waals surface area contributed by atoms with E-state index < -0.39 is 0 Å². The summed E-state index contributed by atoms with van der Waals surface area (Å²) in [6.45, 7) is 0. The van der Waals surface area contributed by atoms with Gasteiger partial charge in [0.05, 0.1) is 29.0 Å². The van der Waals surface area contributed by atoms with Crippen molar-refractivity contribution in [3.63, 3.8) is 0 Å². The van der Waals surface area contributed by atoms with Gasteiger partial charge in [-0.05, 0) is 19.3 Å². The summed E-state index contributed by atoms with van der Waals surface area (Å²) in [5, 5.41) is 8.05. The van der Waals surface area contributed by atoms with Gasteiger partial charge in [-0.15, -0.1) is 0 Å². The Labute approximate surface area is 113 Å². The van der Waals surface area contributed by atoms with Crippen molar-refractivity contribution in [3.8, 4) is 0 Å². The maximum atomic E-state index is 12.3. The zero-order valence-electron chi connectivity index (χ0n) is 9.77. The minimum atomic E-state index is -0.0758. The second kappa shape index (κ2) is 4.35. The first-order chi connectivity index (χ1) is 8.74. The van der Waals surface area contributed by atoms with Crippen LogP contribution < -0.4 is 5.32 Å². The van der Waals surface area contributed by atoms with E-state index in [4.69, 9.17) is 0 Å². The highest BCUT2D eigenvalue weighted by atomic mass is 79.9. The van der Waals surface area contributed by atoms with Crippen LogP contribution in [0.2, 0.25) is 0 Å². The molecular formula is C12H13BrN4O. The van der Waals surface area contributed by atoms with Crippen LogP contribution in [-0.4, -0.2) is 31.4 Å². The van der Waals surface area contributed by atoms with Gasteiger partial charge in [-0.1, -0.05) is 15.9 Å². The van der Waals surface area contributed by atoms with Crippen LogP contribution in [0.4, 0.5) is 0 Å². The van der Waals surface area contributed by atoms with Crippen LogP contribution in [0.3, 0.4) is 0 Å². The number of halogens is 1. The Morgan fingerprint density at radius 1 is 1.50 bits per heavy atom. The van der Waals surface area contributed by atoms with Gasteiger partial charge in [-0.2, -0.15) is 5.10 Å². The monoisotopic (exact) mass is 308 g/mol. The minimum absolute atomic E-state index is 0.0721. The van der Waals surface area contributed by atoms with Gasteiger partial charge in [-0.25, -0.2) is 4.52 Å². The average molecular weight is 309 g/mol. The molecule has 2 aromatic heterocycles. The Hall–Kier alpha value is -1.43. The second-order valence-corrected chi connectivity index (χ2v) is 5.25. The van der Waals surface area contributed by atoms with E-state index in [0.717, 1.165) is 23.7 Å². The van der Waals surface area contributed by atoms with E-state index in [-0.39, 0.29) is 11.4 Å². The SMILES string of the molecule is O=C(NC1(CBr)CCC1)c1cnn2ccncc12. The van der Waals surface area contributed by atoms with Crippen molar-refractivity contribution in [3.05, 3.63) is 30.4 Å². The molecule has 0 radical (unpaired) electrons. The normalized spacial score (nSPS) is 17.4. The van der Waals surface area contributed by atoms with Gasteiger partial charge >= 0.3 is 0 Å². The topological polar surface area (TPSA) is 59.3 Å². The number of hydrogen-bond acceptors (Lipinski definition) is 3. The van der Waals surface area contributed by atoms with Crippen LogP contribution in [0.25, 0.3) is 5.52 Å². The molecule has 1 aliphatic rings. The first-order valence-electron chi connectivity index (χ1n) is 5.90. The Morgan fingerprint density at radius 3 is 3.00 bits per heavy atom. The van der Waals surface area contributed by atoms with Crippen molar-refractivity contribution in [1.82, 2.24) is 19.9 Å². The van der Waals surface area contributed by atoms with Crippen LogP contribution in [0.15, 0.2) is 24.8 Å². The van der Waals surface area contributed by atoms with E-state index in [1.165, 1.54) is 6.42 Å². The van der Waals surface area contributed by atoms with E-state index in [0.29, 0.717) is 5.56 Å². The Morgan fingerprint density at radius 2 is 2.33 bits per heavy atom. The third kappa shape index (κ3) is 1.80. The number of nitrogens with zero attached hydrogens (tertiary/aromatic N) is 3. The molecule has 0 saturated heterocycles. The summed E-state index contributed by atoms with van der Waals surface area (Å²) < 4.78 is 1.66. The summed E-state index contributed by atoms with van der Waals surface area (Å²) >= 11 is 3.48. The van der Waals surface area contributed by atoms with E-state index in [2.05, 4.69) is 31.3 Å². The van der Waals surface area contributed by atoms with Crippen molar-refractivity contribution < 1.29 is 4.79 Å². The zero-order chi connectivity index (χ0) is 12.6. The molecule has 1 amide bonds. The molecule has 1 aliphatic carbocycles. The molecule has 0 atom stereocenters. The smallest absolute Gasteiger partial charge is 0.255 e. The third-order valence-electron chi connectivity index (χ3n) is 3.51. The predicted octanol–water partition coefficient (Wildman–Crippen LogP) is 1.78. The van der Waals surface area contributed by atoms with Crippen LogP contribution in [0.5, 0.6) is 0 Å². The van der Waals surface area contributed by atoms with Crippen molar-refractivity contribution in [2.75, 3.05) is 5.33 Å². The lowest BCUT2D eigenvalue weighted by Crippen LogP contribution is -2.54. The molecule has 1 fully saturated rings. The van der Waals surface area contributed by atoms with Crippen molar-refractivity contribution in [1.29, 1.82) is 0 Å². The predicted molar refractivity (Wildman–Crippen MR) is 70.8 cm³/mol. The van der Waals surface area contributed by atoms with E-state index in [1.54, 1.807) is 29.3 Å². The molecule has 3 rings (SSSR count). The van der Waals surface area contributed by atoms with Crippen LogP contribution in [0.1, 0.15) is 29.6 Å². The van der Waals surface area contributed by atoms with E-state index in [9.17, 15) is 4.79 Å². The maximum absolute atomic E-state index is 12.3. The van der Waals surface area contributed by atoms with Crippen molar-refractivity contribution in [2.45, 2.75) is 24.8 Å². The molecule has 1 N–H and O–H groups in total. The lowest BCUT2D eigenvalue weighted by molar-refractivity contribution is 0.0858. The largest absolute Gasteiger partial charge is 0.346 e. The second-order valence-electron chi connectivity index (χ2n) is 4.69. The number of amides is 1. The molecule has 18 heavy (non-hydrogen) atoms. The lowest BCUT2D eigenvalue weighted by atomic mass is 9.78. The maximum Gasteiger partial charge on any atom is 0.255 e. The molecule has 5 nitrogen and oxygen atoms in total. The van der Waals surface area contributed by atoms with Crippen LogP contribution in [0, 0.1) is 0 Å². The molecule has 6 heteroatoms. The summed E-state index contributed by atoms with van der Waals surface area (Å²) in [5.41, 5.74) is 1.24. The highest BCUT2D eigenvalue weighted by Gasteiger charge is 2.37. The molecule has 94 valence electrons. The molecular weight excluding hydrogens is 296 g/mol. The number of carbonyl (C=O) groups excluding carboxylic acids is 1. The molecule has 0 aromatic carbocycles. The van der Waals surface area contributed by atoms with Gasteiger partial charge in [-0.3, -0.25) is 9.78 Å². The van der Waals surface area contributed by atoms with Gasteiger partial charge in [0.1, 0.15) is 0 Å². The number of rotatable bonds is 3. The molecule has 0 bridgehead atoms. The number of hydrogen-bond donors (Lipinski definition) is 1. The fraction of sp³-hybridized carbons (Fsp3) is 0.417. The Kier molecular flexibility index (Phi) is 2.81. The number of aromatic nitrogens is 3. The molecule has 2 aromatic rings. The molecule has 2 heterocycles. The van der Waals surface area contributed by atoms with Crippen LogP contribution in [-0.2, 0) is 0 Å². The van der Waals surface area contributed by atoms with Gasteiger partial charge in [0, 0.05) is 17.7 Å². The number of fused-ring (bicyclic) bond motifs is 1. The highest BCUT2D eigenvalue weighted by Crippen LogP contribution is 2.33. The van der Waals surface area contributed by atoms with Gasteiger partial charge in [0.25, 0.3) is 5.91 Å². The van der Waals surface area contributed by atoms with Crippen molar-refractivity contribution >= 4 is 27.4 Å². The Bertz CT molecular complexity index is 585. The van der Waals surface area contributed by atoms with Gasteiger partial charge < -0.3 is 5.32 Å². The number of carbonyl (C=O) groups is 1. The quantitative estimate of drug-likeness (QED) is 0.879. The number of alkyl halides is 1. The standard InChI is InChI=1S/C12H13BrN4O/c13-8-12(2-1-3-12)16-11(18)9-6-15-17-5-4-14-7-10(9)17/h4-7H,1-3,8H2,(H,16,18). The summed E-state index contributed by atoms with van der Waals surface area (Å²) in [7, 11) is 0. The first kappa shape index (κ1) is 11.6. The Balaban J connectivity index is 1.88. The highest BCUT2D eigenvalue weighted by molar-refractivity contribution is 9.09. The molecule has 0 spiro atoms. The van der Waals surface area contributed by atoms with Crippen molar-refractivity contribution in [2.24, 2.45) is 0 Å². The van der Waals surface area contributed by atoms with E-state index in [1.807, 2.05) is 0 Å². The van der Waals surface area contributed by atoms with E-state index >= 15 is 0 Å². The summed E-state index contributed by atoms with van der Waals surface area (Å²) in [6, 6.07) is 0.